The van der Waals surface area contributed by atoms with E-state index in [0.29, 0.717) is 25.0 Å². The Kier molecular flexibility index (Phi) is 8.86. The van der Waals surface area contributed by atoms with Crippen molar-refractivity contribution in [2.45, 2.75) is 103 Å². The minimum Gasteiger partial charge on any atom is -0.483 e. The number of fused-ring (bicyclic) bond motifs is 3. The summed E-state index contributed by atoms with van der Waals surface area (Å²) in [6.07, 6.45) is 7.28. The number of hydrogen-bond acceptors (Lipinski definition) is 6. The van der Waals surface area contributed by atoms with Gasteiger partial charge in [0.1, 0.15) is 23.0 Å². The summed E-state index contributed by atoms with van der Waals surface area (Å²) in [7, 11) is 0. The largest absolute Gasteiger partial charge is 0.483 e. The van der Waals surface area contributed by atoms with Gasteiger partial charge in [-0.2, -0.15) is 0 Å². The summed E-state index contributed by atoms with van der Waals surface area (Å²) in [5.41, 5.74) is 1.25. The molecule has 0 saturated carbocycles. The van der Waals surface area contributed by atoms with Crippen LogP contribution in [0.15, 0.2) is 36.9 Å². The molecule has 0 unspecified atom stereocenters. The topological polar surface area (TPSA) is 106 Å². The molecule has 0 radical (unpaired) electrons. The number of carbonyl (C=O) groups excluding carboxylic acids is 2. The van der Waals surface area contributed by atoms with E-state index in [2.05, 4.69) is 6.58 Å². The number of benzene rings is 1. The molecule has 8 heteroatoms. The molecule has 1 aromatic carbocycles. The molecule has 216 valence electrons. The molecule has 2 aliphatic rings. The average Bonchev–Trinajstić information content (AvgIpc) is 3.25. The zero-order chi connectivity index (χ0) is 29.1. The fraction of sp³-hybridized carbons (Fsp3) is 0.562. The lowest BCUT2D eigenvalue weighted by Gasteiger charge is -2.36. The zero-order valence-corrected chi connectivity index (χ0v) is 24.2. The summed E-state index contributed by atoms with van der Waals surface area (Å²) in [5, 5.41) is 11.2. The lowest BCUT2D eigenvalue weighted by Crippen LogP contribution is -2.46. The van der Waals surface area contributed by atoms with Crippen LogP contribution in [0.4, 0.5) is 0 Å². The standard InChI is InChI=1S/C32H42N2O6/c1-6-7-8-9-10-13-22(18-27(35)39-31(3,4)5)29(36)34-20-32(19-26(34)30(37)38)17-16-24-23-14-11-12-15-25(23)33-21(2)28(24)40-32/h6,11-12,14-15,22,26H,1,7-10,13,16-20H2,2-5H3,(H,37,38)/t22-,26+,32-/m1/s1. The second kappa shape index (κ2) is 12.0. The van der Waals surface area contributed by atoms with Gasteiger partial charge in [0.05, 0.1) is 24.2 Å². The van der Waals surface area contributed by atoms with Gasteiger partial charge in [-0.1, -0.05) is 37.1 Å². The van der Waals surface area contributed by atoms with Crippen LogP contribution in [0.5, 0.6) is 5.75 Å². The zero-order valence-electron chi connectivity index (χ0n) is 24.2. The van der Waals surface area contributed by atoms with Gasteiger partial charge in [-0.3, -0.25) is 9.59 Å². The van der Waals surface area contributed by atoms with Crippen molar-refractivity contribution in [1.29, 1.82) is 0 Å². The Morgan fingerprint density at radius 1 is 1.25 bits per heavy atom. The van der Waals surface area contributed by atoms with Crippen LogP contribution in [0.2, 0.25) is 0 Å². The number of aliphatic carboxylic acids is 1. The van der Waals surface area contributed by atoms with Crippen LogP contribution in [0, 0.1) is 12.8 Å². The Morgan fingerprint density at radius 3 is 2.70 bits per heavy atom. The second-order valence-corrected chi connectivity index (χ2v) is 12.2. The van der Waals surface area contributed by atoms with Crippen molar-refractivity contribution < 1.29 is 29.0 Å². The van der Waals surface area contributed by atoms with Crippen LogP contribution in [-0.2, 0) is 25.5 Å². The van der Waals surface area contributed by atoms with Crippen LogP contribution < -0.4 is 4.74 Å². The number of ether oxygens (including phenoxy) is 2. The van der Waals surface area contributed by atoms with Gasteiger partial charge in [0.25, 0.3) is 0 Å². The van der Waals surface area contributed by atoms with Crippen LogP contribution in [0.3, 0.4) is 0 Å². The summed E-state index contributed by atoms with van der Waals surface area (Å²) in [6.45, 7) is 11.2. The number of pyridine rings is 1. The maximum atomic E-state index is 14.0. The predicted molar refractivity (Wildman–Crippen MR) is 153 cm³/mol. The van der Waals surface area contributed by atoms with Crippen LogP contribution in [0.25, 0.3) is 10.9 Å². The van der Waals surface area contributed by atoms with Crippen molar-refractivity contribution >= 4 is 28.7 Å². The first kappa shape index (κ1) is 29.6. The number of aromatic nitrogens is 1. The van der Waals surface area contributed by atoms with E-state index in [1.54, 1.807) is 20.8 Å². The molecule has 1 N–H and O–H groups in total. The summed E-state index contributed by atoms with van der Waals surface area (Å²) in [5.74, 6) is -1.79. The molecule has 1 aromatic heterocycles. The number of unbranched alkanes of at least 4 members (excludes halogenated alkanes) is 3. The third kappa shape index (κ3) is 6.65. The van der Waals surface area contributed by atoms with Gasteiger partial charge in [-0.05, 0) is 65.9 Å². The highest BCUT2D eigenvalue weighted by Crippen LogP contribution is 2.44. The van der Waals surface area contributed by atoms with Gasteiger partial charge in [0.2, 0.25) is 5.91 Å². The van der Waals surface area contributed by atoms with E-state index in [-0.39, 0.29) is 25.3 Å². The average molecular weight is 551 g/mol. The van der Waals surface area contributed by atoms with Crippen LogP contribution in [-0.4, -0.2) is 56.6 Å². The number of carboxylic acids is 1. The number of nitrogens with zero attached hydrogens (tertiary/aromatic N) is 2. The van der Waals surface area contributed by atoms with Crippen molar-refractivity contribution in [3.05, 3.63) is 48.2 Å². The smallest absolute Gasteiger partial charge is 0.326 e. The van der Waals surface area contributed by atoms with Crippen molar-refractivity contribution in [1.82, 2.24) is 9.88 Å². The molecule has 3 heterocycles. The van der Waals surface area contributed by atoms with Crippen molar-refractivity contribution in [2.75, 3.05) is 6.54 Å². The maximum Gasteiger partial charge on any atom is 0.326 e. The highest BCUT2D eigenvalue weighted by molar-refractivity contribution is 5.89. The van der Waals surface area contributed by atoms with E-state index in [9.17, 15) is 19.5 Å². The lowest BCUT2D eigenvalue weighted by molar-refractivity contribution is -0.159. The molecule has 1 amide bonds. The van der Waals surface area contributed by atoms with E-state index in [4.69, 9.17) is 14.5 Å². The molecule has 3 atom stereocenters. The molecule has 1 spiro atoms. The first-order chi connectivity index (χ1) is 18.9. The Hall–Kier alpha value is -3.42. The summed E-state index contributed by atoms with van der Waals surface area (Å²) in [6, 6.07) is 6.92. The molecular formula is C32H42N2O6. The molecule has 1 fully saturated rings. The highest BCUT2D eigenvalue weighted by atomic mass is 16.6. The molecule has 0 bridgehead atoms. The van der Waals surface area contributed by atoms with E-state index < -0.39 is 35.1 Å². The summed E-state index contributed by atoms with van der Waals surface area (Å²) < 4.78 is 12.1. The molecule has 1 saturated heterocycles. The van der Waals surface area contributed by atoms with Gasteiger partial charge in [-0.15, -0.1) is 6.58 Å². The number of carboxylic acid groups (broad SMARTS) is 1. The van der Waals surface area contributed by atoms with Gasteiger partial charge >= 0.3 is 11.9 Å². The lowest BCUT2D eigenvalue weighted by atomic mass is 9.87. The number of allylic oxidation sites excluding steroid dienone is 1. The third-order valence-corrected chi connectivity index (χ3v) is 7.88. The van der Waals surface area contributed by atoms with Crippen LogP contribution >= 0.6 is 0 Å². The molecular weight excluding hydrogens is 508 g/mol. The SMILES string of the molecule is C=CCCCCC[C@H](CC(=O)OC(C)(C)C)C(=O)N1C[C@@]2(CCc3c(c(C)nc4ccccc34)O2)C[C@H]1C(=O)O. The fourth-order valence-electron chi connectivity index (χ4n) is 6.05. The number of amides is 1. The number of carbonyl (C=O) groups is 3. The number of likely N-dealkylation sites (tertiary alicyclic amines) is 1. The molecule has 2 aliphatic heterocycles. The van der Waals surface area contributed by atoms with E-state index in [1.807, 2.05) is 37.3 Å². The van der Waals surface area contributed by atoms with E-state index >= 15 is 0 Å². The van der Waals surface area contributed by atoms with Crippen molar-refractivity contribution in [2.24, 2.45) is 5.92 Å². The minimum atomic E-state index is -1.06. The maximum absolute atomic E-state index is 14.0. The second-order valence-electron chi connectivity index (χ2n) is 12.2. The molecule has 4 rings (SSSR count). The summed E-state index contributed by atoms with van der Waals surface area (Å²) >= 11 is 0. The van der Waals surface area contributed by atoms with Gasteiger partial charge < -0.3 is 19.5 Å². The van der Waals surface area contributed by atoms with Crippen molar-refractivity contribution in [3.8, 4) is 5.75 Å². The number of hydrogen-bond donors (Lipinski definition) is 1. The number of rotatable bonds is 10. The Morgan fingerprint density at radius 2 is 2.00 bits per heavy atom. The van der Waals surface area contributed by atoms with Crippen LogP contribution in [0.1, 0.15) is 83.4 Å². The Balaban J connectivity index is 1.57. The van der Waals surface area contributed by atoms with Gasteiger partial charge in [0.15, 0.2) is 0 Å². The first-order valence-electron chi connectivity index (χ1n) is 14.4. The Bertz CT molecular complexity index is 1280. The Labute approximate surface area is 236 Å². The number of esters is 1. The van der Waals surface area contributed by atoms with E-state index in [0.717, 1.165) is 47.8 Å². The number of para-hydroxylation sites is 1. The first-order valence-corrected chi connectivity index (χ1v) is 14.4. The van der Waals surface area contributed by atoms with Gasteiger partial charge in [0, 0.05) is 23.3 Å². The monoisotopic (exact) mass is 550 g/mol. The minimum absolute atomic E-state index is 0.0773. The molecule has 0 aliphatic carbocycles. The quantitative estimate of drug-likeness (QED) is 0.227. The highest BCUT2D eigenvalue weighted by Gasteiger charge is 2.53. The van der Waals surface area contributed by atoms with Crippen molar-refractivity contribution in [3.63, 3.8) is 0 Å². The normalized spacial score (nSPS) is 21.1. The van der Waals surface area contributed by atoms with Gasteiger partial charge in [-0.25, -0.2) is 9.78 Å². The molecule has 2 aromatic rings. The predicted octanol–water partition coefficient (Wildman–Crippen LogP) is 5.78. The third-order valence-electron chi connectivity index (χ3n) is 7.88. The molecule has 40 heavy (non-hydrogen) atoms. The number of aryl methyl sites for hydroxylation is 2. The van der Waals surface area contributed by atoms with E-state index in [1.165, 1.54) is 4.90 Å². The molecule has 8 nitrogen and oxygen atoms in total. The summed E-state index contributed by atoms with van der Waals surface area (Å²) in [4.78, 5) is 45.3. The fourth-order valence-corrected chi connectivity index (χ4v) is 6.05.